The second kappa shape index (κ2) is 6.74. The maximum Gasteiger partial charge on any atom is 0.167 e. The third-order valence-corrected chi connectivity index (χ3v) is 4.14. The highest BCUT2D eigenvalue weighted by Gasteiger charge is 2.16. The highest BCUT2D eigenvalue weighted by molar-refractivity contribution is 5.77. The Morgan fingerprint density at radius 3 is 2.25 bits per heavy atom. The van der Waals surface area contributed by atoms with E-state index < -0.39 is 5.83 Å². The number of allylic oxidation sites excluding steroid dienone is 4. The number of benzene rings is 1. The fourth-order valence-corrected chi connectivity index (χ4v) is 2.99. The van der Waals surface area contributed by atoms with Gasteiger partial charge >= 0.3 is 0 Å². The number of aliphatic hydroxyl groups excluding tert-OH is 1. The molecule has 2 heteroatoms. The summed E-state index contributed by atoms with van der Waals surface area (Å²) in [5.41, 5.74) is 2.63. The van der Waals surface area contributed by atoms with Crippen LogP contribution in [0.3, 0.4) is 0 Å². The third-order valence-electron chi connectivity index (χ3n) is 4.14. The summed E-state index contributed by atoms with van der Waals surface area (Å²) in [5, 5.41) is 9.31. The van der Waals surface area contributed by atoms with E-state index >= 15 is 0 Å². The zero-order chi connectivity index (χ0) is 14.5. The molecule has 0 amide bonds. The van der Waals surface area contributed by atoms with Crippen LogP contribution >= 0.6 is 0 Å². The van der Waals surface area contributed by atoms with E-state index in [1.54, 1.807) is 13.0 Å². The molecule has 1 aromatic carbocycles. The maximum absolute atomic E-state index is 13.9. The van der Waals surface area contributed by atoms with Gasteiger partial charge in [0.15, 0.2) is 5.83 Å². The van der Waals surface area contributed by atoms with E-state index in [0.717, 1.165) is 5.56 Å². The van der Waals surface area contributed by atoms with E-state index in [0.29, 0.717) is 11.5 Å². The van der Waals surface area contributed by atoms with Gasteiger partial charge in [-0.2, -0.15) is 0 Å². The van der Waals surface area contributed by atoms with Crippen LogP contribution in [-0.4, -0.2) is 5.11 Å². The van der Waals surface area contributed by atoms with Crippen molar-refractivity contribution in [2.24, 2.45) is 0 Å². The molecule has 108 valence electrons. The Hall–Kier alpha value is -1.57. The maximum atomic E-state index is 13.9. The van der Waals surface area contributed by atoms with Crippen molar-refractivity contribution in [2.45, 2.75) is 51.9 Å². The van der Waals surface area contributed by atoms with Gasteiger partial charge in [0.1, 0.15) is 5.76 Å². The number of hydrogen-bond donors (Lipinski definition) is 1. The minimum atomic E-state index is -0.544. The number of hydrogen-bond acceptors (Lipinski definition) is 1. The molecule has 1 aliphatic carbocycles. The van der Waals surface area contributed by atoms with E-state index in [1.807, 2.05) is 12.1 Å². The van der Waals surface area contributed by atoms with Crippen molar-refractivity contribution in [1.29, 1.82) is 0 Å². The van der Waals surface area contributed by atoms with Crippen molar-refractivity contribution < 1.29 is 9.50 Å². The molecule has 0 atom stereocenters. The molecule has 2 rings (SSSR count). The fraction of sp³-hybridized carbons (Fsp3) is 0.444. The average molecular weight is 274 g/mol. The second-order valence-electron chi connectivity index (χ2n) is 5.56. The lowest BCUT2D eigenvalue weighted by atomic mass is 9.83. The highest BCUT2D eigenvalue weighted by Crippen LogP contribution is 2.34. The quantitative estimate of drug-likeness (QED) is 0.537. The van der Waals surface area contributed by atoms with Gasteiger partial charge in [-0.15, -0.1) is 0 Å². The summed E-state index contributed by atoms with van der Waals surface area (Å²) in [6, 6.07) is 8.13. The van der Waals surface area contributed by atoms with Gasteiger partial charge in [-0.1, -0.05) is 49.6 Å². The van der Waals surface area contributed by atoms with Gasteiger partial charge in [-0.05, 0) is 43.7 Å². The van der Waals surface area contributed by atoms with Crippen LogP contribution in [0.15, 0.2) is 41.9 Å². The monoisotopic (exact) mass is 274 g/mol. The van der Waals surface area contributed by atoms with Crippen molar-refractivity contribution in [3.8, 4) is 0 Å². The minimum Gasteiger partial charge on any atom is -0.510 e. The summed E-state index contributed by atoms with van der Waals surface area (Å²) in [5.74, 6) is -0.154. The molecule has 20 heavy (non-hydrogen) atoms. The van der Waals surface area contributed by atoms with Crippen LogP contribution in [0.1, 0.15) is 63.0 Å². The molecule has 0 radical (unpaired) electrons. The minimum absolute atomic E-state index is 0.269. The Bertz CT molecular complexity index is 501. The van der Waals surface area contributed by atoms with Gasteiger partial charge in [0.25, 0.3) is 0 Å². The molecular weight excluding hydrogens is 251 g/mol. The van der Waals surface area contributed by atoms with Crippen LogP contribution in [0.25, 0.3) is 5.57 Å². The lowest BCUT2D eigenvalue weighted by Gasteiger charge is -2.22. The van der Waals surface area contributed by atoms with Crippen LogP contribution < -0.4 is 0 Å². The highest BCUT2D eigenvalue weighted by atomic mass is 19.1. The SMILES string of the molecule is C/C=C(\C(F)=C(/C)O)c1ccc(C2CCCCC2)cc1. The van der Waals surface area contributed by atoms with Crippen molar-refractivity contribution >= 4 is 5.57 Å². The van der Waals surface area contributed by atoms with Crippen LogP contribution in [0.2, 0.25) is 0 Å². The first-order chi connectivity index (χ1) is 9.63. The molecule has 0 aliphatic heterocycles. The molecule has 1 fully saturated rings. The normalized spacial score (nSPS) is 18.9. The van der Waals surface area contributed by atoms with Crippen molar-refractivity contribution in [3.05, 3.63) is 53.1 Å². The van der Waals surface area contributed by atoms with Crippen LogP contribution in [0.5, 0.6) is 0 Å². The van der Waals surface area contributed by atoms with Gasteiger partial charge in [0.2, 0.25) is 0 Å². The van der Waals surface area contributed by atoms with Gasteiger partial charge in [0, 0.05) is 5.57 Å². The Kier molecular flexibility index (Phi) is 4.99. The molecule has 0 bridgehead atoms. The van der Waals surface area contributed by atoms with E-state index in [-0.39, 0.29) is 5.76 Å². The molecule has 0 heterocycles. The van der Waals surface area contributed by atoms with Crippen molar-refractivity contribution in [1.82, 2.24) is 0 Å². The average Bonchev–Trinajstić information content (AvgIpc) is 2.49. The lowest BCUT2D eigenvalue weighted by molar-refractivity contribution is 0.390. The van der Waals surface area contributed by atoms with E-state index in [1.165, 1.54) is 44.6 Å². The molecule has 0 aromatic heterocycles. The van der Waals surface area contributed by atoms with Gasteiger partial charge in [-0.25, -0.2) is 4.39 Å². The number of rotatable bonds is 3. The van der Waals surface area contributed by atoms with Gasteiger partial charge in [0.05, 0.1) is 0 Å². The Morgan fingerprint density at radius 2 is 1.75 bits per heavy atom. The second-order valence-corrected chi connectivity index (χ2v) is 5.56. The van der Waals surface area contributed by atoms with Crippen molar-refractivity contribution in [2.75, 3.05) is 0 Å². The fourth-order valence-electron chi connectivity index (χ4n) is 2.99. The summed E-state index contributed by atoms with van der Waals surface area (Å²) in [6.07, 6.45) is 8.20. The van der Waals surface area contributed by atoms with Gasteiger partial charge < -0.3 is 5.11 Å². The molecule has 1 aromatic rings. The topological polar surface area (TPSA) is 20.2 Å². The summed E-state index contributed by atoms with van der Waals surface area (Å²) in [6.45, 7) is 3.15. The zero-order valence-electron chi connectivity index (χ0n) is 12.3. The third kappa shape index (κ3) is 3.30. The van der Waals surface area contributed by atoms with Crippen LogP contribution in [0.4, 0.5) is 4.39 Å². The summed E-state index contributed by atoms with van der Waals surface area (Å²) in [7, 11) is 0. The van der Waals surface area contributed by atoms with Crippen LogP contribution in [0, 0.1) is 0 Å². The standard InChI is InChI=1S/C18H23FO/c1-3-17(18(19)13(2)20)16-11-9-15(10-12-16)14-7-5-4-6-8-14/h3,9-12,14,20H,4-8H2,1-2H3/b17-3-,18-13-. The summed E-state index contributed by atoms with van der Waals surface area (Å²) in [4.78, 5) is 0. The molecule has 0 unspecified atom stereocenters. The number of halogens is 1. The first-order valence-electron chi connectivity index (χ1n) is 7.46. The molecule has 0 saturated heterocycles. The molecule has 1 saturated carbocycles. The molecule has 1 aliphatic rings. The predicted molar refractivity (Wildman–Crippen MR) is 82.4 cm³/mol. The molecule has 1 N–H and O–H groups in total. The number of aliphatic hydroxyl groups is 1. The largest absolute Gasteiger partial charge is 0.510 e. The van der Waals surface area contributed by atoms with Crippen LogP contribution in [-0.2, 0) is 0 Å². The van der Waals surface area contributed by atoms with Gasteiger partial charge in [-0.3, -0.25) is 0 Å². The zero-order valence-corrected chi connectivity index (χ0v) is 12.3. The Labute approximate surface area is 120 Å². The van der Waals surface area contributed by atoms with Crippen molar-refractivity contribution in [3.63, 3.8) is 0 Å². The first-order valence-corrected chi connectivity index (χ1v) is 7.46. The molecule has 1 nitrogen and oxygen atoms in total. The Balaban J connectivity index is 2.21. The Morgan fingerprint density at radius 1 is 1.15 bits per heavy atom. The van der Waals surface area contributed by atoms with E-state index in [4.69, 9.17) is 0 Å². The predicted octanol–water partition coefficient (Wildman–Crippen LogP) is 5.90. The first kappa shape index (κ1) is 14.8. The smallest absolute Gasteiger partial charge is 0.167 e. The molecule has 0 spiro atoms. The molecular formula is C18H23FO. The van der Waals surface area contributed by atoms with E-state index in [9.17, 15) is 9.50 Å². The lowest BCUT2D eigenvalue weighted by Crippen LogP contribution is -2.04. The summed E-state index contributed by atoms with van der Waals surface area (Å²) >= 11 is 0. The van der Waals surface area contributed by atoms with E-state index in [2.05, 4.69) is 12.1 Å². The summed E-state index contributed by atoms with van der Waals surface area (Å²) < 4.78 is 13.9.